The Morgan fingerprint density at radius 1 is 1.06 bits per heavy atom. The highest BCUT2D eigenvalue weighted by atomic mass is 17.1. The van der Waals surface area contributed by atoms with Crippen LogP contribution in [0.5, 0.6) is 0 Å². The molecule has 16 heavy (non-hydrogen) atoms. The number of carboxylic acid groups (broad SMARTS) is 2. The summed E-state index contributed by atoms with van der Waals surface area (Å²) in [6.45, 7) is -0.431. The number of hydrogen-bond donors (Lipinski definition) is 1. The van der Waals surface area contributed by atoms with E-state index in [4.69, 9.17) is 45.2 Å². The summed E-state index contributed by atoms with van der Waals surface area (Å²) >= 11 is 0. The molecule has 0 aliphatic heterocycles. The van der Waals surface area contributed by atoms with E-state index in [1.54, 1.807) is 0 Å². The second-order valence-corrected chi connectivity index (χ2v) is 0.837. The van der Waals surface area contributed by atoms with Crippen molar-refractivity contribution in [1.29, 1.82) is 0 Å². The Balaban J connectivity index is -0.0000000192. The highest BCUT2D eigenvalue weighted by Gasteiger charge is 1.47. The fourth-order valence-electron chi connectivity index (χ4n) is 0. The van der Waals surface area contributed by atoms with Gasteiger partial charge in [0.15, 0.2) is 0 Å². The van der Waals surface area contributed by atoms with Crippen LogP contribution in [-0.2, 0) is 29.0 Å². The summed E-state index contributed by atoms with van der Waals surface area (Å²) in [5, 5.41) is 40.5. The highest BCUT2D eigenvalue weighted by molar-refractivity contribution is 5.47. The van der Waals surface area contributed by atoms with Gasteiger partial charge in [-0.15, -0.1) is 0 Å². The van der Waals surface area contributed by atoms with Crippen LogP contribution in [-0.4, -0.2) is 30.8 Å². The van der Waals surface area contributed by atoms with Crippen molar-refractivity contribution in [3.05, 3.63) is 0 Å². The molecule has 0 atom stereocenters. The van der Waals surface area contributed by atoms with Crippen molar-refractivity contribution in [3.8, 4) is 0 Å². The Labute approximate surface area is 91.1 Å². The van der Waals surface area contributed by atoms with E-state index in [0.717, 1.165) is 0 Å². The van der Waals surface area contributed by atoms with E-state index < -0.39 is 6.16 Å². The van der Waals surface area contributed by atoms with Gasteiger partial charge < -0.3 is 40.2 Å². The summed E-state index contributed by atoms with van der Waals surface area (Å²) in [6.07, 6.45) is -2.33. The maximum Gasteiger partial charge on any atom is 1.00 e. The molecule has 0 bridgehead atoms. The summed E-state index contributed by atoms with van der Waals surface area (Å²) in [7, 11) is 0. The first kappa shape index (κ1) is 23.4. The van der Waals surface area contributed by atoms with Crippen LogP contribution in [0.2, 0.25) is 0 Å². The van der Waals surface area contributed by atoms with Gasteiger partial charge >= 0.3 is 9.33 Å². The summed E-state index contributed by atoms with van der Waals surface area (Å²) < 4.78 is 0. The topological polar surface area (TPSA) is 208 Å². The molecule has 0 aliphatic carbocycles. The molecule has 0 aromatic heterocycles. The van der Waals surface area contributed by atoms with Gasteiger partial charge in [-0.05, 0) is 6.16 Å². The molecular weight excluding hydrogens is 240 g/mol. The van der Waals surface area contributed by atoms with Gasteiger partial charge in [-0.3, -0.25) is 14.4 Å². The van der Waals surface area contributed by atoms with Crippen molar-refractivity contribution < 1.29 is 64.1 Å². The standard InChI is InChI=1S/4CH2O3.H2/c3*2-1-4-3;2-1(3)4;/h3*1,3H;(H2,2,3,4);1H/p-2. The number of hydrogen-bond acceptors (Lipinski definition) is 12. The van der Waals surface area contributed by atoms with E-state index in [2.05, 4.69) is 14.7 Å². The quantitative estimate of drug-likeness (QED) is 0.281. The number of rotatable bonds is 3. The molecule has 0 spiro atoms. The van der Waals surface area contributed by atoms with Crippen molar-refractivity contribution in [1.82, 2.24) is 0 Å². The third-order valence-electron chi connectivity index (χ3n) is 0.122. The van der Waals surface area contributed by atoms with Crippen LogP contribution in [0.25, 0.3) is 0 Å². The van der Waals surface area contributed by atoms with Crippen molar-refractivity contribution in [2.24, 2.45) is 0 Å². The molecule has 98 valence electrons. The smallest absolute Gasteiger partial charge is 0.662 e. The maximum absolute atomic E-state index is 8.70. The third-order valence-corrected chi connectivity index (χ3v) is 0.122. The van der Waals surface area contributed by atoms with Gasteiger partial charge in [-0.25, -0.2) is 5.26 Å². The largest absolute Gasteiger partial charge is 1.00 e. The van der Waals surface area contributed by atoms with Crippen molar-refractivity contribution >= 4 is 25.6 Å². The fourth-order valence-corrected chi connectivity index (χ4v) is 0. The summed E-state index contributed by atoms with van der Waals surface area (Å²) in [4.78, 5) is 42.4. The molecular formula is C4H8O12-2. The minimum atomic E-state index is -2.33. The monoisotopic (exact) mass is 248 g/mol. The maximum atomic E-state index is 8.70. The predicted octanol–water partition coefficient (Wildman–Crippen LogP) is -5.47. The summed E-state index contributed by atoms with van der Waals surface area (Å²) in [6, 6.07) is 0. The van der Waals surface area contributed by atoms with Gasteiger partial charge in [0.25, 0.3) is 12.9 Å². The second kappa shape index (κ2) is 39.0. The van der Waals surface area contributed by atoms with Crippen LogP contribution in [0.4, 0.5) is 4.79 Å². The Hall–Kier alpha value is -2.44. The molecule has 0 unspecified atom stereocenters. The Bertz CT molecular complexity index is 142. The van der Waals surface area contributed by atoms with E-state index in [-0.39, 0.29) is 23.7 Å². The van der Waals surface area contributed by atoms with Gasteiger partial charge in [-0.2, -0.15) is 0 Å². The zero-order valence-corrected chi connectivity index (χ0v) is 7.17. The van der Waals surface area contributed by atoms with E-state index in [1.807, 2.05) is 0 Å². The molecule has 0 fully saturated rings. The van der Waals surface area contributed by atoms with Crippen LogP contribution in [0, 0.1) is 0 Å². The lowest BCUT2D eigenvalue weighted by Crippen LogP contribution is -2.37. The van der Waals surface area contributed by atoms with Gasteiger partial charge in [0.1, 0.15) is 0 Å². The number of carbonyl (C=O) groups excluding carboxylic acids is 4. The van der Waals surface area contributed by atoms with Crippen LogP contribution < -0.4 is 20.7 Å². The molecule has 0 aliphatic rings. The molecule has 0 rings (SSSR count). The highest BCUT2D eigenvalue weighted by Crippen LogP contribution is 1.33. The number of carbonyl (C=O) groups is 4. The van der Waals surface area contributed by atoms with E-state index in [0.29, 0.717) is 0 Å². The molecule has 12 nitrogen and oxygen atoms in total. The third kappa shape index (κ3) is 4110. The first-order chi connectivity index (χ1) is 7.47. The van der Waals surface area contributed by atoms with Crippen LogP contribution in [0.1, 0.15) is 4.28 Å². The zero-order chi connectivity index (χ0) is 13.8. The van der Waals surface area contributed by atoms with Crippen LogP contribution in [0.15, 0.2) is 0 Å². The lowest BCUT2D eigenvalue weighted by atomic mass is 11.5. The molecule has 0 amide bonds. The summed E-state index contributed by atoms with van der Waals surface area (Å²) in [5.74, 6) is 0. The zero-order valence-electron chi connectivity index (χ0n) is 9.17. The molecule has 12 heteroatoms. The average molecular weight is 248 g/mol. The van der Waals surface area contributed by atoms with Crippen molar-refractivity contribution in [3.63, 3.8) is 0 Å². The fraction of sp³-hybridized carbons (Fsp3) is 0. The second-order valence-electron chi connectivity index (χ2n) is 0.837. The molecule has 0 saturated heterocycles. The van der Waals surface area contributed by atoms with Gasteiger partial charge in [-0.1, -0.05) is 0 Å². The van der Waals surface area contributed by atoms with Gasteiger partial charge in [0, 0.05) is 1.43 Å². The Kier molecular flexibility index (Phi) is 57.1. The lowest BCUT2D eigenvalue weighted by molar-refractivity contribution is -0.652. The predicted molar refractivity (Wildman–Crippen MR) is 33.8 cm³/mol. The molecule has 0 radical (unpaired) electrons. The van der Waals surface area contributed by atoms with E-state index in [1.165, 1.54) is 0 Å². The normalized spacial score (nSPS) is 5.44. The average Bonchev–Trinajstić information content (AvgIpc) is 2.28. The van der Waals surface area contributed by atoms with Crippen molar-refractivity contribution in [2.75, 3.05) is 0 Å². The first-order valence-electron chi connectivity index (χ1n) is 2.54. The van der Waals surface area contributed by atoms with Crippen molar-refractivity contribution in [2.45, 2.75) is 0 Å². The SMILES string of the molecule is O=C([O-])[O-].O=COO.O=CO[O-].O=CO[O-].[H+].[H+].[HH]. The Morgan fingerprint density at radius 3 is 1.19 bits per heavy atom. The minimum absolute atomic E-state index is 0. The van der Waals surface area contributed by atoms with Gasteiger partial charge in [0.2, 0.25) is 0 Å². The lowest BCUT2D eigenvalue weighted by Gasteiger charge is -1.96. The van der Waals surface area contributed by atoms with Crippen LogP contribution >= 0.6 is 0 Å². The molecule has 0 aromatic carbocycles. The molecule has 0 aromatic rings. The molecule has 1 N–H and O–H groups in total. The van der Waals surface area contributed by atoms with Gasteiger partial charge in [0.05, 0.1) is 0 Å². The summed E-state index contributed by atoms with van der Waals surface area (Å²) in [5.41, 5.74) is 0. The van der Waals surface area contributed by atoms with E-state index >= 15 is 0 Å². The first-order valence-corrected chi connectivity index (χ1v) is 2.54. The van der Waals surface area contributed by atoms with E-state index in [9.17, 15) is 0 Å². The minimum Gasteiger partial charge on any atom is -0.662 e. The Morgan fingerprint density at radius 2 is 1.19 bits per heavy atom. The molecule has 0 saturated carbocycles. The van der Waals surface area contributed by atoms with Crippen LogP contribution in [0.3, 0.4) is 0 Å². The molecule has 0 heterocycles.